The Hall–Kier alpha value is -2.02. The van der Waals surface area contributed by atoms with Crippen LogP contribution in [0.3, 0.4) is 0 Å². The van der Waals surface area contributed by atoms with Crippen molar-refractivity contribution in [1.29, 1.82) is 5.26 Å². The molecule has 1 aromatic rings. The van der Waals surface area contributed by atoms with E-state index in [2.05, 4.69) is 5.32 Å². The van der Waals surface area contributed by atoms with Crippen LogP contribution in [0.25, 0.3) is 0 Å². The van der Waals surface area contributed by atoms with Gasteiger partial charge in [-0.05, 0) is 18.6 Å². The summed E-state index contributed by atoms with van der Waals surface area (Å²) in [6.07, 6.45) is 0. The third-order valence-electron chi connectivity index (χ3n) is 1.83. The maximum Gasteiger partial charge on any atom is 0.236 e. The number of benzene rings is 1. The number of primary amides is 1. The third kappa shape index (κ3) is 2.23. The van der Waals surface area contributed by atoms with Crippen LogP contribution in [0.2, 0.25) is 0 Å². The molecule has 4 nitrogen and oxygen atoms in total. The molecule has 0 saturated heterocycles. The number of nitriles is 1. The molecular formula is C10H11N3O. The van der Waals surface area contributed by atoms with Gasteiger partial charge < -0.3 is 11.1 Å². The largest absolute Gasteiger partial charge is 0.375 e. The zero-order valence-electron chi connectivity index (χ0n) is 7.87. The summed E-state index contributed by atoms with van der Waals surface area (Å²) in [6.45, 7) is 1.91. The molecule has 0 unspecified atom stereocenters. The van der Waals surface area contributed by atoms with Crippen LogP contribution in [0.5, 0.6) is 0 Å². The molecule has 72 valence electrons. The third-order valence-corrected chi connectivity index (χ3v) is 1.83. The van der Waals surface area contributed by atoms with Crippen LogP contribution in [0, 0.1) is 18.3 Å². The lowest BCUT2D eigenvalue weighted by atomic mass is 10.1. The second-order valence-electron chi connectivity index (χ2n) is 2.93. The van der Waals surface area contributed by atoms with Gasteiger partial charge in [-0.2, -0.15) is 5.26 Å². The number of anilines is 1. The van der Waals surface area contributed by atoms with Gasteiger partial charge in [0.1, 0.15) is 6.07 Å². The number of para-hydroxylation sites is 1. The molecule has 0 aliphatic carbocycles. The first-order chi connectivity index (χ1) is 6.65. The molecule has 0 heterocycles. The van der Waals surface area contributed by atoms with Gasteiger partial charge in [0.2, 0.25) is 5.91 Å². The highest BCUT2D eigenvalue weighted by atomic mass is 16.1. The van der Waals surface area contributed by atoms with Crippen LogP contribution in [-0.4, -0.2) is 12.5 Å². The Morgan fingerprint density at radius 3 is 2.93 bits per heavy atom. The van der Waals surface area contributed by atoms with Gasteiger partial charge in [-0.15, -0.1) is 0 Å². The average Bonchev–Trinajstić information content (AvgIpc) is 2.15. The SMILES string of the molecule is Cc1cccc(C#N)c1NCC(N)=O. The summed E-state index contributed by atoms with van der Waals surface area (Å²) in [7, 11) is 0. The molecular weight excluding hydrogens is 178 g/mol. The van der Waals surface area contributed by atoms with E-state index in [0.29, 0.717) is 11.3 Å². The van der Waals surface area contributed by atoms with Gasteiger partial charge in [0.15, 0.2) is 0 Å². The molecule has 0 aliphatic rings. The molecule has 0 aromatic heterocycles. The van der Waals surface area contributed by atoms with Crippen molar-refractivity contribution < 1.29 is 4.79 Å². The first-order valence-electron chi connectivity index (χ1n) is 4.17. The Morgan fingerprint density at radius 2 is 2.36 bits per heavy atom. The fraction of sp³-hybridized carbons (Fsp3) is 0.200. The second-order valence-corrected chi connectivity index (χ2v) is 2.93. The summed E-state index contributed by atoms with van der Waals surface area (Å²) < 4.78 is 0. The number of amides is 1. The van der Waals surface area contributed by atoms with E-state index in [-0.39, 0.29) is 6.54 Å². The standard InChI is InChI=1S/C10H11N3O/c1-7-3-2-4-8(5-11)10(7)13-6-9(12)14/h2-4,13H,6H2,1H3,(H2,12,14). The average molecular weight is 189 g/mol. The van der Waals surface area contributed by atoms with Crippen molar-refractivity contribution in [3.63, 3.8) is 0 Å². The number of nitrogens with one attached hydrogen (secondary N) is 1. The van der Waals surface area contributed by atoms with E-state index in [4.69, 9.17) is 11.0 Å². The molecule has 1 rings (SSSR count). The van der Waals surface area contributed by atoms with E-state index in [0.717, 1.165) is 5.56 Å². The number of carbonyl (C=O) groups is 1. The molecule has 0 bridgehead atoms. The maximum absolute atomic E-state index is 10.6. The van der Waals surface area contributed by atoms with E-state index in [9.17, 15) is 4.79 Å². The minimum absolute atomic E-state index is 0.0412. The summed E-state index contributed by atoms with van der Waals surface area (Å²) in [4.78, 5) is 10.6. The summed E-state index contributed by atoms with van der Waals surface area (Å²) in [5.41, 5.74) is 7.11. The van der Waals surface area contributed by atoms with Gasteiger partial charge in [-0.25, -0.2) is 0 Å². The van der Waals surface area contributed by atoms with Crippen molar-refractivity contribution >= 4 is 11.6 Å². The maximum atomic E-state index is 10.6. The monoisotopic (exact) mass is 189 g/mol. The summed E-state index contributed by atoms with van der Waals surface area (Å²) in [5.74, 6) is -0.447. The minimum atomic E-state index is -0.447. The van der Waals surface area contributed by atoms with Crippen molar-refractivity contribution in [1.82, 2.24) is 0 Å². The topological polar surface area (TPSA) is 78.9 Å². The van der Waals surface area contributed by atoms with E-state index in [1.165, 1.54) is 0 Å². The molecule has 1 aromatic carbocycles. The van der Waals surface area contributed by atoms with Gasteiger partial charge in [0.25, 0.3) is 0 Å². The molecule has 3 N–H and O–H groups in total. The summed E-state index contributed by atoms with van der Waals surface area (Å²) >= 11 is 0. The fourth-order valence-corrected chi connectivity index (χ4v) is 1.17. The van der Waals surface area contributed by atoms with E-state index < -0.39 is 5.91 Å². The van der Waals surface area contributed by atoms with E-state index in [1.54, 1.807) is 12.1 Å². The predicted octanol–water partition coefficient (Wildman–Crippen LogP) is 0.764. The number of nitrogens with two attached hydrogens (primary N) is 1. The van der Waals surface area contributed by atoms with Crippen molar-refractivity contribution in [3.05, 3.63) is 29.3 Å². The first kappa shape index (κ1) is 10.1. The molecule has 0 spiro atoms. The van der Waals surface area contributed by atoms with Gasteiger partial charge in [-0.3, -0.25) is 4.79 Å². The van der Waals surface area contributed by atoms with E-state index >= 15 is 0 Å². The normalized spacial score (nSPS) is 9.14. The quantitative estimate of drug-likeness (QED) is 0.736. The highest BCUT2D eigenvalue weighted by Gasteiger charge is 2.04. The lowest BCUT2D eigenvalue weighted by molar-refractivity contribution is -0.116. The van der Waals surface area contributed by atoms with Crippen LogP contribution in [0.15, 0.2) is 18.2 Å². The molecule has 0 atom stereocenters. The molecule has 14 heavy (non-hydrogen) atoms. The highest BCUT2D eigenvalue weighted by molar-refractivity contribution is 5.80. The molecule has 4 heteroatoms. The number of aryl methyl sites for hydroxylation is 1. The fourth-order valence-electron chi connectivity index (χ4n) is 1.17. The highest BCUT2D eigenvalue weighted by Crippen LogP contribution is 2.18. The summed E-state index contributed by atoms with van der Waals surface area (Å²) in [6, 6.07) is 7.40. The Balaban J connectivity index is 2.94. The van der Waals surface area contributed by atoms with Crippen LogP contribution >= 0.6 is 0 Å². The molecule has 0 radical (unpaired) electrons. The molecule has 1 amide bonds. The number of rotatable bonds is 3. The van der Waals surface area contributed by atoms with Crippen LogP contribution in [-0.2, 0) is 4.79 Å². The lowest BCUT2D eigenvalue weighted by Gasteiger charge is -2.08. The van der Waals surface area contributed by atoms with Crippen molar-refractivity contribution in [2.45, 2.75) is 6.92 Å². The van der Waals surface area contributed by atoms with Gasteiger partial charge in [0.05, 0.1) is 17.8 Å². The van der Waals surface area contributed by atoms with Gasteiger partial charge >= 0.3 is 0 Å². The van der Waals surface area contributed by atoms with Crippen LogP contribution < -0.4 is 11.1 Å². The zero-order valence-corrected chi connectivity index (χ0v) is 7.87. The smallest absolute Gasteiger partial charge is 0.236 e. The van der Waals surface area contributed by atoms with Crippen molar-refractivity contribution in [3.8, 4) is 6.07 Å². The van der Waals surface area contributed by atoms with Crippen molar-refractivity contribution in [2.24, 2.45) is 5.73 Å². The van der Waals surface area contributed by atoms with Crippen LogP contribution in [0.4, 0.5) is 5.69 Å². The second kappa shape index (κ2) is 4.28. The number of carbonyl (C=O) groups excluding carboxylic acids is 1. The molecule has 0 aliphatic heterocycles. The Bertz CT molecular complexity index is 393. The minimum Gasteiger partial charge on any atom is -0.375 e. The molecule has 0 saturated carbocycles. The zero-order chi connectivity index (χ0) is 10.6. The summed E-state index contributed by atoms with van der Waals surface area (Å²) in [5, 5.41) is 11.6. The Morgan fingerprint density at radius 1 is 1.64 bits per heavy atom. The first-order valence-corrected chi connectivity index (χ1v) is 4.17. The number of hydrogen-bond donors (Lipinski definition) is 2. The lowest BCUT2D eigenvalue weighted by Crippen LogP contribution is -2.22. The predicted molar refractivity (Wildman–Crippen MR) is 53.6 cm³/mol. The van der Waals surface area contributed by atoms with E-state index in [1.807, 2.05) is 19.1 Å². The van der Waals surface area contributed by atoms with Gasteiger partial charge in [0, 0.05) is 0 Å². The van der Waals surface area contributed by atoms with Crippen LogP contribution in [0.1, 0.15) is 11.1 Å². The number of hydrogen-bond acceptors (Lipinski definition) is 3. The molecule has 0 fully saturated rings. The number of nitrogens with zero attached hydrogens (tertiary/aromatic N) is 1. The Kier molecular flexibility index (Phi) is 3.08. The Labute approximate surface area is 82.3 Å². The van der Waals surface area contributed by atoms with Gasteiger partial charge in [-0.1, -0.05) is 12.1 Å². The van der Waals surface area contributed by atoms with Crippen molar-refractivity contribution in [2.75, 3.05) is 11.9 Å².